The summed E-state index contributed by atoms with van der Waals surface area (Å²) in [6, 6.07) is 8.13. The molecule has 8 saturated carbocycles. The Hall–Kier alpha value is -1.70. The van der Waals surface area contributed by atoms with E-state index in [4.69, 9.17) is 0 Å². The summed E-state index contributed by atoms with van der Waals surface area (Å²) in [5.74, 6) is 6.06. The summed E-state index contributed by atoms with van der Waals surface area (Å²) in [4.78, 5) is 0. The summed E-state index contributed by atoms with van der Waals surface area (Å²) < 4.78 is 0. The average Bonchev–Trinajstić information content (AvgIpc) is 2.74. The molecule has 0 heterocycles. The molecule has 2 nitrogen and oxygen atoms in total. The molecule has 0 unspecified atom stereocenters. The Morgan fingerprint density at radius 3 is 1.06 bits per heavy atom. The molecule has 0 atom stereocenters. The zero-order valence-corrected chi connectivity index (χ0v) is 19.2. The Balaban J connectivity index is 1.42. The third kappa shape index (κ3) is 2.32. The molecule has 0 amide bonds. The van der Waals surface area contributed by atoms with Crippen molar-refractivity contribution in [2.24, 2.45) is 35.5 Å². The molecular weight excluding hydrogens is 392 g/mol. The number of hydrogen-bond donors (Lipinski definition) is 2. The van der Waals surface area contributed by atoms with E-state index in [1.807, 2.05) is 24.3 Å². The monoisotopic (exact) mass is 428 g/mol. The van der Waals surface area contributed by atoms with Crippen LogP contribution in [0.2, 0.25) is 0 Å². The van der Waals surface area contributed by atoms with E-state index >= 15 is 0 Å². The second kappa shape index (κ2) is 6.05. The second-order valence-corrected chi connectivity index (χ2v) is 13.4. The summed E-state index contributed by atoms with van der Waals surface area (Å²) in [7, 11) is 0. The van der Waals surface area contributed by atoms with Crippen LogP contribution in [0.15, 0.2) is 24.3 Å². The van der Waals surface area contributed by atoms with E-state index in [-0.39, 0.29) is 10.8 Å². The van der Waals surface area contributed by atoms with Crippen LogP contribution in [0.4, 0.5) is 0 Å². The molecule has 2 aromatic carbocycles. The van der Waals surface area contributed by atoms with Gasteiger partial charge >= 0.3 is 0 Å². The first-order valence-electron chi connectivity index (χ1n) is 13.5. The predicted molar refractivity (Wildman–Crippen MR) is 127 cm³/mol. The third-order valence-electron chi connectivity index (χ3n) is 11.3. The second-order valence-electron chi connectivity index (χ2n) is 13.4. The van der Waals surface area contributed by atoms with Crippen LogP contribution in [0.5, 0.6) is 11.5 Å². The number of aromatic hydroxyl groups is 2. The minimum Gasteiger partial charge on any atom is -0.507 e. The Labute approximate surface area is 191 Å². The van der Waals surface area contributed by atoms with E-state index in [1.165, 1.54) is 88.2 Å². The van der Waals surface area contributed by atoms with Crippen molar-refractivity contribution < 1.29 is 10.2 Å². The maximum Gasteiger partial charge on any atom is 0.127 e. The smallest absolute Gasteiger partial charge is 0.127 e. The van der Waals surface area contributed by atoms with Gasteiger partial charge in [-0.3, -0.25) is 0 Å². The van der Waals surface area contributed by atoms with Gasteiger partial charge in [0.15, 0.2) is 0 Å². The van der Waals surface area contributed by atoms with Gasteiger partial charge in [0.1, 0.15) is 11.5 Å². The highest BCUT2D eigenvalue weighted by Crippen LogP contribution is 2.68. The molecule has 0 aliphatic heterocycles. The fraction of sp³-hybridized carbons (Fsp3) is 0.667. The van der Waals surface area contributed by atoms with Crippen molar-refractivity contribution in [3.05, 3.63) is 35.4 Å². The number of hydrogen-bond acceptors (Lipinski definition) is 2. The van der Waals surface area contributed by atoms with Crippen LogP contribution < -0.4 is 0 Å². The number of phenols is 2. The topological polar surface area (TPSA) is 40.5 Å². The van der Waals surface area contributed by atoms with Crippen LogP contribution in [0.1, 0.15) is 88.2 Å². The Bertz CT molecular complexity index is 968. The van der Waals surface area contributed by atoms with Crippen molar-refractivity contribution in [2.75, 3.05) is 0 Å². The van der Waals surface area contributed by atoms with Gasteiger partial charge in [-0.1, -0.05) is 24.3 Å². The molecule has 2 aromatic rings. The summed E-state index contributed by atoms with van der Waals surface area (Å²) >= 11 is 0. The normalized spacial score (nSPS) is 45.8. The van der Waals surface area contributed by atoms with Crippen molar-refractivity contribution in [3.63, 3.8) is 0 Å². The predicted octanol–water partition coefficient (Wildman–Crippen LogP) is 7.19. The Morgan fingerprint density at radius 2 is 0.781 bits per heavy atom. The fourth-order valence-corrected chi connectivity index (χ4v) is 11.3. The number of rotatable bonds is 2. The minimum atomic E-state index is 0.0962. The molecule has 8 bridgehead atoms. The lowest BCUT2D eigenvalue weighted by Crippen LogP contribution is -2.52. The number of fused-ring (bicyclic) bond motifs is 1. The fourth-order valence-electron chi connectivity index (χ4n) is 11.3. The van der Waals surface area contributed by atoms with Gasteiger partial charge in [-0.2, -0.15) is 0 Å². The summed E-state index contributed by atoms with van der Waals surface area (Å²) in [6.07, 6.45) is 15.9. The van der Waals surface area contributed by atoms with E-state index in [0.29, 0.717) is 11.5 Å². The average molecular weight is 429 g/mol. The molecule has 0 aromatic heterocycles. The summed E-state index contributed by atoms with van der Waals surface area (Å²) in [5.41, 5.74) is 2.65. The van der Waals surface area contributed by atoms with Crippen LogP contribution in [-0.4, -0.2) is 10.2 Å². The van der Waals surface area contributed by atoms with Crippen LogP contribution >= 0.6 is 0 Å². The van der Waals surface area contributed by atoms with E-state index in [2.05, 4.69) is 0 Å². The third-order valence-corrected chi connectivity index (χ3v) is 11.3. The van der Waals surface area contributed by atoms with Gasteiger partial charge in [0.2, 0.25) is 0 Å². The molecule has 8 aliphatic carbocycles. The zero-order chi connectivity index (χ0) is 21.2. The SMILES string of the molecule is Oc1c(C23CC4CC(CC(C4)C2)C3)c(C23CC4CC(CC(C4)C2)C3)c(O)c2ccccc12. The Kier molecular flexibility index (Phi) is 3.53. The molecule has 8 fully saturated rings. The largest absolute Gasteiger partial charge is 0.507 e. The molecular formula is C30H36O2. The summed E-state index contributed by atoms with van der Waals surface area (Å²) in [5, 5.41) is 25.8. The standard InChI is InChI=1S/C30H36O2/c31-27-23-3-1-2-4-24(23)28(32)26(30-14-20-8-21(15-30)10-22(9-20)16-30)25(27)29-11-17-5-18(12-29)7-19(6-17)13-29/h1-4,17-22,31-32H,5-16H2. The van der Waals surface area contributed by atoms with E-state index in [0.717, 1.165) is 46.3 Å². The molecule has 0 spiro atoms. The highest BCUT2D eigenvalue weighted by Gasteiger charge is 2.58. The molecule has 32 heavy (non-hydrogen) atoms. The van der Waals surface area contributed by atoms with Crippen LogP contribution in [-0.2, 0) is 10.8 Å². The number of benzene rings is 2. The van der Waals surface area contributed by atoms with Crippen LogP contribution in [0, 0.1) is 35.5 Å². The number of phenolic OH excluding ortho intramolecular Hbond substituents is 2. The molecule has 2 heteroatoms. The highest BCUT2D eigenvalue weighted by atomic mass is 16.3. The lowest BCUT2D eigenvalue weighted by Gasteiger charge is -2.61. The van der Waals surface area contributed by atoms with Crippen LogP contribution in [0.25, 0.3) is 10.8 Å². The van der Waals surface area contributed by atoms with E-state index in [1.54, 1.807) is 0 Å². The van der Waals surface area contributed by atoms with Gasteiger partial charge in [0, 0.05) is 32.7 Å². The van der Waals surface area contributed by atoms with Gasteiger partial charge in [-0.15, -0.1) is 0 Å². The lowest BCUT2D eigenvalue weighted by molar-refractivity contribution is -0.0188. The van der Waals surface area contributed by atoms with Gasteiger partial charge in [0.05, 0.1) is 0 Å². The Morgan fingerprint density at radius 1 is 0.500 bits per heavy atom. The lowest BCUT2D eigenvalue weighted by atomic mass is 9.44. The first-order chi connectivity index (χ1) is 15.5. The maximum atomic E-state index is 12.0. The van der Waals surface area contributed by atoms with E-state index in [9.17, 15) is 10.2 Å². The minimum absolute atomic E-state index is 0.0962. The maximum absolute atomic E-state index is 12.0. The van der Waals surface area contributed by atoms with Gasteiger partial charge in [0.25, 0.3) is 0 Å². The molecule has 0 saturated heterocycles. The van der Waals surface area contributed by atoms with Gasteiger partial charge in [-0.25, -0.2) is 0 Å². The molecule has 0 radical (unpaired) electrons. The van der Waals surface area contributed by atoms with Crippen molar-refractivity contribution in [1.82, 2.24) is 0 Å². The van der Waals surface area contributed by atoms with Crippen molar-refractivity contribution in [1.29, 1.82) is 0 Å². The van der Waals surface area contributed by atoms with Crippen molar-refractivity contribution in [2.45, 2.75) is 87.9 Å². The highest BCUT2D eigenvalue weighted by molar-refractivity contribution is 5.96. The van der Waals surface area contributed by atoms with Gasteiger partial charge in [-0.05, 0) is 113 Å². The van der Waals surface area contributed by atoms with Crippen molar-refractivity contribution >= 4 is 10.8 Å². The van der Waals surface area contributed by atoms with Crippen LogP contribution in [0.3, 0.4) is 0 Å². The first-order valence-corrected chi connectivity index (χ1v) is 13.5. The van der Waals surface area contributed by atoms with E-state index < -0.39 is 0 Å². The molecule has 10 rings (SSSR count). The zero-order valence-electron chi connectivity index (χ0n) is 19.2. The molecule has 8 aliphatic rings. The first kappa shape index (κ1) is 18.7. The van der Waals surface area contributed by atoms with Crippen molar-refractivity contribution in [3.8, 4) is 11.5 Å². The quantitative estimate of drug-likeness (QED) is 0.497. The molecule has 168 valence electrons. The van der Waals surface area contributed by atoms with Gasteiger partial charge < -0.3 is 10.2 Å². The summed E-state index contributed by atoms with van der Waals surface area (Å²) in [6.45, 7) is 0. The molecule has 2 N–H and O–H groups in total.